The number of thioether (sulfide) groups is 1. The van der Waals surface area contributed by atoms with Crippen LogP contribution in [0.15, 0.2) is 52.9 Å². The molecule has 0 aliphatic carbocycles. The van der Waals surface area contributed by atoms with Crippen molar-refractivity contribution in [3.05, 3.63) is 60.2 Å². The fourth-order valence-corrected chi connectivity index (χ4v) is 3.42. The van der Waals surface area contributed by atoms with Gasteiger partial charge in [-0.1, -0.05) is 35.2 Å². The summed E-state index contributed by atoms with van der Waals surface area (Å²) in [5, 5.41) is 13.8. The number of halogens is 2. The van der Waals surface area contributed by atoms with Gasteiger partial charge >= 0.3 is 0 Å². The largest absolute Gasteiger partial charge is 0.328 e. The van der Waals surface area contributed by atoms with E-state index in [-0.39, 0.29) is 23.3 Å². The normalized spacial score (nSPS) is 10.5. The van der Waals surface area contributed by atoms with E-state index >= 15 is 0 Å². The van der Waals surface area contributed by atoms with Crippen LogP contribution >= 0.6 is 23.1 Å². The van der Waals surface area contributed by atoms with Crippen LogP contribution in [0.2, 0.25) is 0 Å². The lowest BCUT2D eigenvalue weighted by Gasteiger charge is -2.03. The Morgan fingerprint density at radius 2 is 1.84 bits per heavy atom. The van der Waals surface area contributed by atoms with Crippen molar-refractivity contribution >= 4 is 45.5 Å². The van der Waals surface area contributed by atoms with Crippen LogP contribution in [0.1, 0.15) is 0 Å². The van der Waals surface area contributed by atoms with Crippen LogP contribution < -0.4 is 10.6 Å². The number of anilines is 3. The molecular formula is C16H12F2N4OS2. The second kappa shape index (κ2) is 8.04. The lowest BCUT2D eigenvalue weighted by molar-refractivity contribution is -0.113. The minimum Gasteiger partial charge on any atom is -0.328 e. The number of carbonyl (C=O) groups excluding carboxylic acids is 1. The summed E-state index contributed by atoms with van der Waals surface area (Å²) in [6, 6.07) is 11.8. The second-order valence-corrected chi connectivity index (χ2v) is 7.02. The van der Waals surface area contributed by atoms with Crippen molar-refractivity contribution in [3.8, 4) is 0 Å². The fraction of sp³-hybridized carbons (Fsp3) is 0.0625. The van der Waals surface area contributed by atoms with E-state index in [1.165, 1.54) is 53.4 Å². The summed E-state index contributed by atoms with van der Waals surface area (Å²) in [5.41, 5.74) is 0.829. The van der Waals surface area contributed by atoms with Crippen LogP contribution in [0.3, 0.4) is 0 Å². The van der Waals surface area contributed by atoms with E-state index in [1.54, 1.807) is 18.2 Å². The van der Waals surface area contributed by atoms with Gasteiger partial charge in [0.05, 0.1) is 11.4 Å². The van der Waals surface area contributed by atoms with Gasteiger partial charge < -0.3 is 10.6 Å². The summed E-state index contributed by atoms with van der Waals surface area (Å²) in [5.74, 6) is -0.858. The predicted octanol–water partition coefficient (Wildman–Crippen LogP) is 4.29. The quantitative estimate of drug-likeness (QED) is 0.627. The first-order valence-corrected chi connectivity index (χ1v) is 8.93. The Morgan fingerprint density at radius 1 is 1.08 bits per heavy atom. The Morgan fingerprint density at radius 3 is 2.60 bits per heavy atom. The van der Waals surface area contributed by atoms with Gasteiger partial charge in [-0.3, -0.25) is 4.79 Å². The van der Waals surface area contributed by atoms with E-state index in [9.17, 15) is 13.6 Å². The minimum atomic E-state index is -0.384. The van der Waals surface area contributed by atoms with E-state index in [4.69, 9.17) is 0 Å². The van der Waals surface area contributed by atoms with E-state index in [2.05, 4.69) is 20.8 Å². The SMILES string of the molecule is O=C(CSc1nnc(Nc2ccccc2F)s1)Nc1ccc(F)cc1. The summed E-state index contributed by atoms with van der Waals surface area (Å²) in [6.45, 7) is 0. The summed E-state index contributed by atoms with van der Waals surface area (Å²) in [6.07, 6.45) is 0. The zero-order valence-electron chi connectivity index (χ0n) is 12.7. The predicted molar refractivity (Wildman–Crippen MR) is 95.3 cm³/mol. The number of nitrogens with zero attached hydrogens (tertiary/aromatic N) is 2. The highest BCUT2D eigenvalue weighted by molar-refractivity contribution is 8.01. The molecule has 0 bridgehead atoms. The third-order valence-electron chi connectivity index (χ3n) is 2.98. The molecule has 0 unspecified atom stereocenters. The number of hydrogen-bond acceptors (Lipinski definition) is 6. The van der Waals surface area contributed by atoms with E-state index < -0.39 is 0 Å². The number of hydrogen-bond donors (Lipinski definition) is 2. The highest BCUT2D eigenvalue weighted by Gasteiger charge is 2.10. The molecule has 0 saturated heterocycles. The van der Waals surface area contributed by atoms with Crippen molar-refractivity contribution in [2.24, 2.45) is 0 Å². The average Bonchev–Trinajstić information content (AvgIpc) is 3.05. The molecule has 1 amide bonds. The topological polar surface area (TPSA) is 66.9 Å². The Bertz CT molecular complexity index is 871. The van der Waals surface area contributed by atoms with Gasteiger partial charge in [0, 0.05) is 5.69 Å². The molecule has 0 atom stereocenters. The Labute approximate surface area is 150 Å². The molecule has 2 aromatic carbocycles. The molecule has 1 heterocycles. The van der Waals surface area contributed by atoms with Crippen molar-refractivity contribution in [1.29, 1.82) is 0 Å². The van der Waals surface area contributed by atoms with Crippen LogP contribution in [0.5, 0.6) is 0 Å². The first kappa shape index (κ1) is 17.3. The molecule has 0 fully saturated rings. The number of carbonyl (C=O) groups is 1. The monoisotopic (exact) mass is 378 g/mol. The number of amides is 1. The number of nitrogens with one attached hydrogen (secondary N) is 2. The number of rotatable bonds is 6. The van der Waals surface area contributed by atoms with Crippen molar-refractivity contribution in [2.75, 3.05) is 16.4 Å². The molecule has 0 aliphatic rings. The van der Waals surface area contributed by atoms with Crippen LogP contribution in [-0.4, -0.2) is 21.9 Å². The maximum atomic E-state index is 13.6. The van der Waals surface area contributed by atoms with Crippen LogP contribution in [0, 0.1) is 11.6 Å². The maximum absolute atomic E-state index is 13.6. The van der Waals surface area contributed by atoms with E-state index in [0.29, 0.717) is 20.8 Å². The Balaban J connectivity index is 1.52. The minimum absolute atomic E-state index is 0.131. The molecule has 0 aliphatic heterocycles. The summed E-state index contributed by atoms with van der Waals surface area (Å²) in [4.78, 5) is 11.9. The molecule has 9 heteroatoms. The molecule has 5 nitrogen and oxygen atoms in total. The first-order chi connectivity index (χ1) is 12.1. The molecule has 1 aromatic heterocycles. The second-order valence-electron chi connectivity index (χ2n) is 4.82. The zero-order valence-corrected chi connectivity index (χ0v) is 14.3. The van der Waals surface area contributed by atoms with Gasteiger partial charge in [0.15, 0.2) is 4.34 Å². The van der Waals surface area contributed by atoms with Crippen molar-refractivity contribution in [1.82, 2.24) is 10.2 Å². The number of benzene rings is 2. The van der Waals surface area contributed by atoms with Crippen LogP contribution in [0.25, 0.3) is 0 Å². The molecule has 3 rings (SSSR count). The van der Waals surface area contributed by atoms with E-state index in [0.717, 1.165) is 0 Å². The number of para-hydroxylation sites is 1. The smallest absolute Gasteiger partial charge is 0.234 e. The highest BCUT2D eigenvalue weighted by Crippen LogP contribution is 2.28. The summed E-state index contributed by atoms with van der Waals surface area (Å²) < 4.78 is 27.0. The number of aromatic nitrogens is 2. The molecule has 2 N–H and O–H groups in total. The lowest BCUT2D eigenvalue weighted by atomic mass is 10.3. The molecule has 25 heavy (non-hydrogen) atoms. The Kier molecular flexibility index (Phi) is 5.56. The summed E-state index contributed by atoms with van der Waals surface area (Å²) in [7, 11) is 0. The van der Waals surface area contributed by atoms with E-state index in [1.807, 2.05) is 0 Å². The van der Waals surface area contributed by atoms with Gasteiger partial charge in [-0.15, -0.1) is 10.2 Å². The molecule has 128 valence electrons. The van der Waals surface area contributed by atoms with Crippen molar-refractivity contribution in [2.45, 2.75) is 4.34 Å². The first-order valence-electron chi connectivity index (χ1n) is 7.13. The molecule has 0 radical (unpaired) electrons. The standard InChI is InChI=1S/C16H12F2N4OS2/c17-10-5-7-11(8-6-10)19-14(23)9-24-16-22-21-15(25-16)20-13-4-2-1-3-12(13)18/h1-8H,9H2,(H,19,23)(H,20,21). The van der Waals surface area contributed by atoms with Gasteiger partial charge in [0.2, 0.25) is 11.0 Å². The molecule has 0 saturated carbocycles. The van der Waals surface area contributed by atoms with Gasteiger partial charge in [-0.25, -0.2) is 8.78 Å². The van der Waals surface area contributed by atoms with Crippen LogP contribution in [0.4, 0.5) is 25.3 Å². The highest BCUT2D eigenvalue weighted by atomic mass is 32.2. The van der Waals surface area contributed by atoms with Gasteiger partial charge in [0.1, 0.15) is 11.6 Å². The lowest BCUT2D eigenvalue weighted by Crippen LogP contribution is -2.13. The fourth-order valence-electron chi connectivity index (χ4n) is 1.85. The van der Waals surface area contributed by atoms with Crippen LogP contribution in [-0.2, 0) is 4.79 Å². The Hall–Kier alpha value is -2.52. The molecule has 0 spiro atoms. The van der Waals surface area contributed by atoms with Gasteiger partial charge in [-0.05, 0) is 36.4 Å². The average molecular weight is 378 g/mol. The maximum Gasteiger partial charge on any atom is 0.234 e. The van der Waals surface area contributed by atoms with Crippen molar-refractivity contribution in [3.63, 3.8) is 0 Å². The van der Waals surface area contributed by atoms with Crippen molar-refractivity contribution < 1.29 is 13.6 Å². The summed E-state index contributed by atoms with van der Waals surface area (Å²) >= 11 is 2.43. The molecular weight excluding hydrogens is 366 g/mol. The third-order valence-corrected chi connectivity index (χ3v) is 4.95. The third kappa shape index (κ3) is 4.97. The zero-order chi connectivity index (χ0) is 17.6. The van der Waals surface area contributed by atoms with Gasteiger partial charge in [-0.2, -0.15) is 0 Å². The van der Waals surface area contributed by atoms with Gasteiger partial charge in [0.25, 0.3) is 0 Å². The molecule has 3 aromatic rings.